The summed E-state index contributed by atoms with van der Waals surface area (Å²) in [5, 5.41) is 2.46. The van der Waals surface area contributed by atoms with Gasteiger partial charge in [0.15, 0.2) is 17.5 Å². The first-order valence-corrected chi connectivity index (χ1v) is 21.4. The summed E-state index contributed by atoms with van der Waals surface area (Å²) in [4.78, 5) is 15.4. The fourth-order valence-electron chi connectivity index (χ4n) is 8.93. The van der Waals surface area contributed by atoms with Crippen molar-refractivity contribution in [2.45, 2.75) is 13.8 Å². The van der Waals surface area contributed by atoms with Gasteiger partial charge < -0.3 is 4.57 Å². The molecule has 11 aromatic rings. The topological polar surface area (TPSA) is 43.6 Å². The normalized spacial score (nSPS) is 11.3. The SMILES string of the molecule is Cc1ccccc1-c1cc2c(cc1C)c1ccccc1n2-c1cc(-c2ccccc2)cc(-c2cc(-c3ccccc3)cc(-c3nc(-c4ccccc4)nc(-c4ccccc4)n3)c2)c1. The summed E-state index contributed by atoms with van der Waals surface area (Å²) < 4.78 is 2.45. The molecule has 0 saturated heterocycles. The number of hydrogen-bond donors (Lipinski definition) is 0. The van der Waals surface area contributed by atoms with E-state index in [1.54, 1.807) is 0 Å². The zero-order valence-corrected chi connectivity index (χ0v) is 35.1. The van der Waals surface area contributed by atoms with E-state index in [9.17, 15) is 0 Å². The number of benzene rings is 9. The van der Waals surface area contributed by atoms with Crippen molar-refractivity contribution < 1.29 is 0 Å². The molecule has 0 fully saturated rings. The molecule has 4 nitrogen and oxygen atoms in total. The van der Waals surface area contributed by atoms with E-state index in [2.05, 4.69) is 200 Å². The summed E-state index contributed by atoms with van der Waals surface area (Å²) in [5.74, 6) is 1.87. The van der Waals surface area contributed by atoms with E-state index >= 15 is 0 Å². The Morgan fingerprint density at radius 3 is 1.29 bits per heavy atom. The van der Waals surface area contributed by atoms with Crippen LogP contribution in [0.3, 0.4) is 0 Å². The van der Waals surface area contributed by atoms with Crippen molar-refractivity contribution in [1.29, 1.82) is 0 Å². The Morgan fingerprint density at radius 1 is 0.286 bits per heavy atom. The minimum atomic E-state index is 0.614. The van der Waals surface area contributed by atoms with Gasteiger partial charge in [-0.2, -0.15) is 0 Å². The standard InChI is InChI=1S/C59H42N4/c1-39-19-15-16-28-51(39)53-38-56-54(31-40(53)2)52-29-17-18-30-55(52)63(56)50-36-47(42-22-9-4-10-23-42)33-48(37-50)46-32-45(41-20-7-3-8-21-41)34-49(35-46)59-61-57(43-24-11-5-12-25-43)60-58(62-59)44-26-13-6-14-27-44/h3-38H,1-2H3. The second-order valence-corrected chi connectivity index (χ2v) is 16.2. The van der Waals surface area contributed by atoms with Crippen molar-refractivity contribution in [1.82, 2.24) is 19.5 Å². The molecule has 63 heavy (non-hydrogen) atoms. The van der Waals surface area contributed by atoms with E-state index < -0.39 is 0 Å². The van der Waals surface area contributed by atoms with Crippen LogP contribution in [0.15, 0.2) is 218 Å². The van der Waals surface area contributed by atoms with Gasteiger partial charge in [-0.05, 0) is 124 Å². The summed E-state index contributed by atoms with van der Waals surface area (Å²) in [6.07, 6.45) is 0. The molecule has 0 spiro atoms. The van der Waals surface area contributed by atoms with E-state index in [0.717, 1.165) is 61.3 Å². The quantitative estimate of drug-likeness (QED) is 0.154. The van der Waals surface area contributed by atoms with Crippen molar-refractivity contribution in [3.63, 3.8) is 0 Å². The Labute approximate surface area is 367 Å². The number of aromatic nitrogens is 4. The third-order valence-corrected chi connectivity index (χ3v) is 12.1. The van der Waals surface area contributed by atoms with Crippen LogP contribution in [0.1, 0.15) is 11.1 Å². The van der Waals surface area contributed by atoms with Gasteiger partial charge in [0, 0.05) is 33.2 Å². The summed E-state index contributed by atoms with van der Waals surface area (Å²) in [6.45, 7) is 4.43. The molecule has 11 rings (SSSR count). The minimum absolute atomic E-state index is 0.614. The Hall–Kier alpha value is -8.21. The second-order valence-electron chi connectivity index (χ2n) is 16.2. The molecule has 0 radical (unpaired) electrons. The first-order chi connectivity index (χ1) is 31.0. The average molecular weight is 807 g/mol. The van der Waals surface area contributed by atoms with Crippen LogP contribution in [0.4, 0.5) is 0 Å². The molecular weight excluding hydrogens is 765 g/mol. The molecule has 0 unspecified atom stereocenters. The molecule has 0 aliphatic rings. The number of rotatable bonds is 8. The zero-order valence-electron chi connectivity index (χ0n) is 35.1. The van der Waals surface area contributed by atoms with E-state index in [1.165, 1.54) is 38.5 Å². The highest BCUT2D eigenvalue weighted by atomic mass is 15.0. The van der Waals surface area contributed by atoms with E-state index in [0.29, 0.717) is 17.5 Å². The van der Waals surface area contributed by atoms with Gasteiger partial charge in [-0.1, -0.05) is 164 Å². The third kappa shape index (κ3) is 7.18. The largest absolute Gasteiger partial charge is 0.309 e. The van der Waals surface area contributed by atoms with Gasteiger partial charge in [0.05, 0.1) is 11.0 Å². The Balaban J connectivity index is 1.17. The molecule has 0 bridgehead atoms. The van der Waals surface area contributed by atoms with Gasteiger partial charge in [-0.15, -0.1) is 0 Å². The maximum Gasteiger partial charge on any atom is 0.164 e. The molecule has 298 valence electrons. The number of para-hydroxylation sites is 1. The van der Waals surface area contributed by atoms with Crippen LogP contribution in [0.5, 0.6) is 0 Å². The van der Waals surface area contributed by atoms with Crippen molar-refractivity contribution >= 4 is 21.8 Å². The average Bonchev–Trinajstić information content (AvgIpc) is 3.67. The van der Waals surface area contributed by atoms with Crippen LogP contribution in [-0.2, 0) is 0 Å². The maximum absolute atomic E-state index is 5.18. The van der Waals surface area contributed by atoms with Gasteiger partial charge in [0.2, 0.25) is 0 Å². The smallest absolute Gasteiger partial charge is 0.164 e. The molecule has 0 atom stereocenters. The molecule has 0 N–H and O–H groups in total. The molecule has 9 aromatic carbocycles. The summed E-state index contributed by atoms with van der Waals surface area (Å²) in [5.41, 5.74) is 17.8. The molecular formula is C59H42N4. The highest BCUT2D eigenvalue weighted by Crippen LogP contribution is 2.41. The minimum Gasteiger partial charge on any atom is -0.309 e. The van der Waals surface area contributed by atoms with E-state index in [-0.39, 0.29) is 0 Å². The molecule has 4 heteroatoms. The Kier molecular flexibility index (Phi) is 9.59. The molecule has 0 saturated carbocycles. The Morgan fingerprint density at radius 2 is 0.714 bits per heavy atom. The highest BCUT2D eigenvalue weighted by molar-refractivity contribution is 6.11. The lowest BCUT2D eigenvalue weighted by atomic mass is 9.93. The molecule has 0 aliphatic carbocycles. The molecule has 2 aromatic heterocycles. The lowest BCUT2D eigenvalue weighted by Crippen LogP contribution is -2.00. The predicted molar refractivity (Wildman–Crippen MR) is 262 cm³/mol. The van der Waals surface area contributed by atoms with Crippen LogP contribution in [0.25, 0.3) is 106 Å². The van der Waals surface area contributed by atoms with Crippen LogP contribution in [-0.4, -0.2) is 19.5 Å². The van der Waals surface area contributed by atoms with Gasteiger partial charge in [-0.25, -0.2) is 15.0 Å². The van der Waals surface area contributed by atoms with Crippen LogP contribution in [0, 0.1) is 13.8 Å². The first kappa shape index (κ1) is 37.8. The lowest BCUT2D eigenvalue weighted by Gasteiger charge is -2.17. The monoisotopic (exact) mass is 806 g/mol. The first-order valence-electron chi connectivity index (χ1n) is 21.4. The van der Waals surface area contributed by atoms with Gasteiger partial charge in [0.1, 0.15) is 0 Å². The molecule has 2 heterocycles. The molecule has 0 amide bonds. The van der Waals surface area contributed by atoms with Gasteiger partial charge in [-0.3, -0.25) is 0 Å². The van der Waals surface area contributed by atoms with Crippen LogP contribution < -0.4 is 0 Å². The van der Waals surface area contributed by atoms with Gasteiger partial charge >= 0.3 is 0 Å². The van der Waals surface area contributed by atoms with Crippen molar-refractivity contribution in [2.75, 3.05) is 0 Å². The summed E-state index contributed by atoms with van der Waals surface area (Å²) >= 11 is 0. The Bertz CT molecular complexity index is 3390. The van der Waals surface area contributed by atoms with Crippen molar-refractivity contribution in [2.24, 2.45) is 0 Å². The van der Waals surface area contributed by atoms with Crippen LogP contribution in [0.2, 0.25) is 0 Å². The molecule has 0 aliphatic heterocycles. The zero-order chi connectivity index (χ0) is 42.3. The maximum atomic E-state index is 5.18. The summed E-state index contributed by atoms with van der Waals surface area (Å²) in [6, 6.07) is 77.6. The van der Waals surface area contributed by atoms with E-state index in [4.69, 9.17) is 15.0 Å². The van der Waals surface area contributed by atoms with Gasteiger partial charge in [0.25, 0.3) is 0 Å². The van der Waals surface area contributed by atoms with Crippen molar-refractivity contribution in [3.8, 4) is 84.4 Å². The fourth-order valence-corrected chi connectivity index (χ4v) is 8.93. The van der Waals surface area contributed by atoms with E-state index in [1.807, 2.05) is 36.4 Å². The second kappa shape index (κ2) is 16.0. The van der Waals surface area contributed by atoms with Crippen LogP contribution >= 0.6 is 0 Å². The highest BCUT2D eigenvalue weighted by Gasteiger charge is 2.19. The number of aryl methyl sites for hydroxylation is 2. The third-order valence-electron chi connectivity index (χ3n) is 12.1. The fraction of sp³-hybridized carbons (Fsp3) is 0.0339. The number of fused-ring (bicyclic) bond motifs is 3. The van der Waals surface area contributed by atoms with Crippen molar-refractivity contribution in [3.05, 3.63) is 230 Å². The number of hydrogen-bond acceptors (Lipinski definition) is 3. The summed E-state index contributed by atoms with van der Waals surface area (Å²) in [7, 11) is 0. The lowest BCUT2D eigenvalue weighted by molar-refractivity contribution is 1.07. The predicted octanol–water partition coefficient (Wildman–Crippen LogP) is 15.3. The number of nitrogens with zero attached hydrogens (tertiary/aromatic N) is 4.